The smallest absolute Gasteiger partial charge is 0.406 e. The van der Waals surface area contributed by atoms with Crippen LogP contribution in [0.1, 0.15) is 25.0 Å². The van der Waals surface area contributed by atoms with Crippen LogP contribution in [0.4, 0.5) is 18.9 Å². The second kappa shape index (κ2) is 7.07. The Balaban J connectivity index is 2.17. The third-order valence-electron chi connectivity index (χ3n) is 3.95. The molecule has 3 nitrogen and oxygen atoms in total. The van der Waals surface area contributed by atoms with Crippen LogP contribution in [0.5, 0.6) is 5.75 Å². The second-order valence-electron chi connectivity index (χ2n) is 6.28. The average Bonchev–Trinajstić information content (AvgIpc) is 2.70. The zero-order chi connectivity index (χ0) is 18.9. The summed E-state index contributed by atoms with van der Waals surface area (Å²) in [6, 6.07) is 13.2. The third-order valence-corrected chi connectivity index (χ3v) is 4.30. The van der Waals surface area contributed by atoms with Crippen LogP contribution in [0.3, 0.4) is 0 Å². The molecule has 0 amide bonds. The average molecular weight is 378 g/mol. The lowest BCUT2D eigenvalue weighted by atomic mass is 10.00. The molecule has 1 unspecified atom stereocenters. The SMILES string of the molecule is CC(C)C1N=C(c2ccccc2)c2cc(OC(F)(F)F)ccc2NC1=S. The zero-order valence-corrected chi connectivity index (χ0v) is 15.0. The predicted molar refractivity (Wildman–Crippen MR) is 100 cm³/mol. The van der Waals surface area contributed by atoms with Gasteiger partial charge in [-0.15, -0.1) is 13.2 Å². The van der Waals surface area contributed by atoms with Gasteiger partial charge in [-0.1, -0.05) is 56.4 Å². The van der Waals surface area contributed by atoms with Gasteiger partial charge in [0.05, 0.1) is 5.71 Å². The van der Waals surface area contributed by atoms with Gasteiger partial charge in [-0.25, -0.2) is 0 Å². The van der Waals surface area contributed by atoms with Crippen LogP contribution >= 0.6 is 12.2 Å². The fraction of sp³-hybridized carbons (Fsp3) is 0.263. The summed E-state index contributed by atoms with van der Waals surface area (Å²) in [6.45, 7) is 4.00. The number of benzodiazepines with no additional fused rings is 1. The predicted octanol–water partition coefficient (Wildman–Crippen LogP) is 5.20. The van der Waals surface area contributed by atoms with Gasteiger partial charge in [0.1, 0.15) is 16.8 Å². The maximum Gasteiger partial charge on any atom is 0.573 e. The molecule has 0 fully saturated rings. The molecular formula is C19H17F3N2OS. The standard InChI is InChI=1S/C19H17F3N2OS/c1-11(2)16-18(26)23-15-9-8-13(25-19(20,21)22)10-14(15)17(24-16)12-6-4-3-5-7-12/h3-11,16H,1-2H3,(H,23,26). The summed E-state index contributed by atoms with van der Waals surface area (Å²) >= 11 is 5.46. The molecule has 0 saturated carbocycles. The topological polar surface area (TPSA) is 33.6 Å². The Morgan fingerprint density at radius 3 is 2.42 bits per heavy atom. The molecule has 26 heavy (non-hydrogen) atoms. The van der Waals surface area contributed by atoms with Crippen molar-refractivity contribution >= 4 is 28.6 Å². The number of anilines is 1. The summed E-state index contributed by atoms with van der Waals surface area (Å²) in [5, 5.41) is 3.12. The van der Waals surface area contributed by atoms with Crippen LogP contribution in [0, 0.1) is 5.92 Å². The summed E-state index contributed by atoms with van der Waals surface area (Å²) in [4.78, 5) is 5.32. The lowest BCUT2D eigenvalue weighted by molar-refractivity contribution is -0.274. The first kappa shape index (κ1) is 18.4. The summed E-state index contributed by atoms with van der Waals surface area (Å²) in [6.07, 6.45) is -4.76. The van der Waals surface area contributed by atoms with Gasteiger partial charge in [0.2, 0.25) is 0 Å². The van der Waals surface area contributed by atoms with Crippen molar-refractivity contribution in [1.82, 2.24) is 0 Å². The number of thiocarbonyl (C=S) groups is 1. The van der Waals surface area contributed by atoms with Crippen LogP contribution in [-0.2, 0) is 0 Å². The van der Waals surface area contributed by atoms with Crippen molar-refractivity contribution < 1.29 is 17.9 Å². The minimum absolute atomic E-state index is 0.133. The first-order valence-electron chi connectivity index (χ1n) is 8.09. The molecule has 0 spiro atoms. The van der Waals surface area contributed by atoms with E-state index >= 15 is 0 Å². The van der Waals surface area contributed by atoms with E-state index < -0.39 is 6.36 Å². The molecule has 2 aromatic carbocycles. The quantitative estimate of drug-likeness (QED) is 0.746. The van der Waals surface area contributed by atoms with Crippen molar-refractivity contribution in [2.75, 3.05) is 5.32 Å². The minimum atomic E-state index is -4.76. The van der Waals surface area contributed by atoms with Crippen molar-refractivity contribution in [3.05, 3.63) is 59.7 Å². The largest absolute Gasteiger partial charge is 0.573 e. The molecule has 7 heteroatoms. The highest BCUT2D eigenvalue weighted by Crippen LogP contribution is 2.32. The summed E-state index contributed by atoms with van der Waals surface area (Å²) in [5.74, 6) is -0.162. The Kier molecular flexibility index (Phi) is 5.00. The van der Waals surface area contributed by atoms with E-state index in [0.717, 1.165) is 5.56 Å². The fourth-order valence-corrected chi connectivity index (χ4v) is 3.21. The molecule has 1 atom stereocenters. The van der Waals surface area contributed by atoms with Gasteiger partial charge in [-0.2, -0.15) is 0 Å². The first-order valence-corrected chi connectivity index (χ1v) is 8.49. The number of fused-ring (bicyclic) bond motifs is 1. The number of nitrogens with one attached hydrogen (secondary N) is 1. The Morgan fingerprint density at radius 1 is 1.12 bits per heavy atom. The maximum absolute atomic E-state index is 12.6. The van der Waals surface area contributed by atoms with Crippen LogP contribution in [0.15, 0.2) is 53.5 Å². The van der Waals surface area contributed by atoms with E-state index in [1.165, 1.54) is 18.2 Å². The number of hydrogen-bond acceptors (Lipinski definition) is 3. The fourth-order valence-electron chi connectivity index (χ4n) is 2.78. The number of alkyl halides is 3. The molecule has 1 aliphatic heterocycles. The monoisotopic (exact) mass is 378 g/mol. The van der Waals surface area contributed by atoms with E-state index in [1.54, 1.807) is 0 Å². The van der Waals surface area contributed by atoms with E-state index in [1.807, 2.05) is 44.2 Å². The van der Waals surface area contributed by atoms with Gasteiger partial charge in [-0.05, 0) is 24.1 Å². The van der Waals surface area contributed by atoms with E-state index in [4.69, 9.17) is 17.2 Å². The van der Waals surface area contributed by atoms with Gasteiger partial charge in [0.15, 0.2) is 0 Å². The van der Waals surface area contributed by atoms with Crippen molar-refractivity contribution in [3.63, 3.8) is 0 Å². The Hall–Kier alpha value is -2.41. The molecule has 0 radical (unpaired) electrons. The minimum Gasteiger partial charge on any atom is -0.406 e. The number of nitrogens with zero attached hydrogens (tertiary/aromatic N) is 1. The molecule has 1 heterocycles. The molecule has 0 saturated heterocycles. The Morgan fingerprint density at radius 2 is 1.81 bits per heavy atom. The zero-order valence-electron chi connectivity index (χ0n) is 14.2. The Labute approximate surface area is 154 Å². The highest BCUT2D eigenvalue weighted by molar-refractivity contribution is 7.80. The molecule has 136 valence electrons. The van der Waals surface area contributed by atoms with Crippen LogP contribution < -0.4 is 10.1 Å². The third kappa shape index (κ3) is 4.04. The lowest BCUT2D eigenvalue weighted by Gasteiger charge is -2.17. The van der Waals surface area contributed by atoms with Gasteiger partial charge >= 0.3 is 6.36 Å². The normalized spacial score (nSPS) is 17.2. The van der Waals surface area contributed by atoms with Gasteiger partial charge in [-0.3, -0.25) is 4.99 Å². The molecular weight excluding hydrogens is 361 g/mol. The summed E-state index contributed by atoms with van der Waals surface area (Å²) in [5.41, 5.74) is 2.51. The van der Waals surface area contributed by atoms with Crippen LogP contribution in [0.2, 0.25) is 0 Å². The highest BCUT2D eigenvalue weighted by Gasteiger charge is 2.32. The van der Waals surface area contributed by atoms with Crippen molar-refractivity contribution in [1.29, 1.82) is 0 Å². The summed E-state index contributed by atoms with van der Waals surface area (Å²) in [7, 11) is 0. The van der Waals surface area contributed by atoms with Gasteiger partial charge in [0, 0.05) is 16.8 Å². The first-order chi connectivity index (χ1) is 12.2. The maximum atomic E-state index is 12.6. The molecule has 1 N–H and O–H groups in total. The van der Waals surface area contributed by atoms with Crippen LogP contribution in [-0.4, -0.2) is 23.1 Å². The second-order valence-corrected chi connectivity index (χ2v) is 6.72. The molecule has 1 aliphatic rings. The lowest BCUT2D eigenvalue weighted by Crippen LogP contribution is -2.28. The number of ether oxygens (including phenoxy) is 1. The molecule has 0 aliphatic carbocycles. The summed E-state index contributed by atoms with van der Waals surface area (Å²) < 4.78 is 41.9. The number of halogens is 3. The molecule has 3 rings (SSSR count). The van der Waals surface area contributed by atoms with Crippen LogP contribution in [0.25, 0.3) is 0 Å². The number of rotatable bonds is 3. The van der Waals surface area contributed by atoms with E-state index in [0.29, 0.717) is 22.0 Å². The highest BCUT2D eigenvalue weighted by atomic mass is 32.1. The number of benzene rings is 2. The number of aliphatic imine (C=N–C) groups is 1. The molecule has 0 aromatic heterocycles. The van der Waals surface area contributed by atoms with E-state index in [-0.39, 0.29) is 17.7 Å². The van der Waals surface area contributed by atoms with Crippen molar-refractivity contribution in [3.8, 4) is 5.75 Å². The Bertz CT molecular complexity index is 848. The van der Waals surface area contributed by atoms with Crippen molar-refractivity contribution in [2.24, 2.45) is 10.9 Å². The molecule has 0 bridgehead atoms. The molecule has 2 aromatic rings. The van der Waals surface area contributed by atoms with Gasteiger partial charge in [0.25, 0.3) is 0 Å². The van der Waals surface area contributed by atoms with E-state index in [9.17, 15) is 13.2 Å². The van der Waals surface area contributed by atoms with E-state index in [2.05, 4.69) is 10.1 Å². The number of hydrogen-bond donors (Lipinski definition) is 1. The van der Waals surface area contributed by atoms with Crippen molar-refractivity contribution in [2.45, 2.75) is 26.3 Å². The van der Waals surface area contributed by atoms with Gasteiger partial charge < -0.3 is 10.1 Å².